The highest BCUT2D eigenvalue weighted by Crippen LogP contribution is 2.45. The fourth-order valence-electron chi connectivity index (χ4n) is 6.34. The number of hydrogen-bond acceptors (Lipinski definition) is 8. The number of anilines is 2. The van der Waals surface area contributed by atoms with E-state index in [1.54, 1.807) is 4.90 Å². The average molecular weight is 608 g/mol. The van der Waals surface area contributed by atoms with Crippen molar-refractivity contribution in [3.05, 3.63) is 34.1 Å². The number of amides is 1. The van der Waals surface area contributed by atoms with E-state index in [4.69, 9.17) is 22.1 Å². The molecule has 3 aromatic rings. The van der Waals surface area contributed by atoms with Crippen LogP contribution in [0.1, 0.15) is 37.3 Å². The topological polar surface area (TPSA) is 110 Å². The number of aryl methyl sites for hydroxylation is 1. The fraction of sp³-hybridized carbons (Fsp3) is 0.500. The molecule has 0 saturated carbocycles. The Balaban J connectivity index is 1.47. The largest absolute Gasteiger partial charge is 0.463 e. The molecule has 224 valence electrons. The zero-order valence-corrected chi connectivity index (χ0v) is 23.8. The highest BCUT2D eigenvalue weighted by atomic mass is 35.5. The number of carbonyl (C=O) groups is 1. The van der Waals surface area contributed by atoms with Gasteiger partial charge in [0.2, 0.25) is 5.91 Å². The fourth-order valence-corrected chi connectivity index (χ4v) is 6.62. The number of likely N-dealkylation sites (tertiary alicyclic amines) is 1. The van der Waals surface area contributed by atoms with Gasteiger partial charge in [0.15, 0.2) is 5.82 Å². The van der Waals surface area contributed by atoms with Crippen LogP contribution in [0.25, 0.3) is 22.2 Å². The van der Waals surface area contributed by atoms with E-state index in [9.17, 15) is 18.0 Å². The SMILES string of the molecule is CC(=O)N1CCC(COc2nc(N3CC4CCC(C3)N4)c3cc(Cl)c(-c4nc(N)cc(C)c4C(F)(F)F)c(F)c3n2)C1. The number of carbonyl (C=O) groups excluding carboxylic acids is 1. The number of piperazine rings is 1. The lowest BCUT2D eigenvalue weighted by Gasteiger charge is -2.34. The van der Waals surface area contributed by atoms with Crippen molar-refractivity contribution >= 4 is 40.0 Å². The molecule has 0 spiro atoms. The van der Waals surface area contributed by atoms with Crippen molar-refractivity contribution < 1.29 is 27.1 Å². The number of benzene rings is 1. The van der Waals surface area contributed by atoms with Crippen molar-refractivity contribution in [1.82, 2.24) is 25.2 Å². The highest BCUT2D eigenvalue weighted by molar-refractivity contribution is 6.34. The summed E-state index contributed by atoms with van der Waals surface area (Å²) in [7, 11) is 0. The van der Waals surface area contributed by atoms with E-state index in [-0.39, 0.29) is 63.8 Å². The van der Waals surface area contributed by atoms with Crippen LogP contribution in [0.3, 0.4) is 0 Å². The minimum Gasteiger partial charge on any atom is -0.463 e. The summed E-state index contributed by atoms with van der Waals surface area (Å²) in [6.45, 7) is 5.28. The number of rotatable bonds is 5. The Labute approximate surface area is 244 Å². The highest BCUT2D eigenvalue weighted by Gasteiger charge is 2.39. The van der Waals surface area contributed by atoms with Crippen LogP contribution in [0.5, 0.6) is 6.01 Å². The number of pyridine rings is 1. The molecule has 3 atom stereocenters. The first kappa shape index (κ1) is 28.7. The molecule has 2 bridgehead atoms. The second-order valence-electron chi connectivity index (χ2n) is 11.3. The predicted molar refractivity (Wildman–Crippen MR) is 150 cm³/mol. The van der Waals surface area contributed by atoms with Gasteiger partial charge in [-0.15, -0.1) is 0 Å². The Hall–Kier alpha value is -3.45. The van der Waals surface area contributed by atoms with Crippen LogP contribution < -0.4 is 20.7 Å². The van der Waals surface area contributed by atoms with Crippen LogP contribution >= 0.6 is 11.6 Å². The second-order valence-corrected chi connectivity index (χ2v) is 11.7. The molecule has 0 radical (unpaired) electrons. The van der Waals surface area contributed by atoms with Crippen molar-refractivity contribution in [2.75, 3.05) is 43.4 Å². The lowest BCUT2D eigenvalue weighted by Crippen LogP contribution is -2.51. The molecular formula is C28H30ClF4N7O2. The monoisotopic (exact) mass is 607 g/mol. The quantitative estimate of drug-likeness (QED) is 0.406. The Morgan fingerprint density at radius 1 is 1.14 bits per heavy atom. The summed E-state index contributed by atoms with van der Waals surface area (Å²) in [4.78, 5) is 28.4. The lowest BCUT2D eigenvalue weighted by molar-refractivity contribution is -0.137. The first-order chi connectivity index (χ1) is 19.9. The summed E-state index contributed by atoms with van der Waals surface area (Å²) in [5.41, 5.74) is 2.98. The number of halogens is 5. The number of nitrogen functional groups attached to an aromatic ring is 1. The van der Waals surface area contributed by atoms with Gasteiger partial charge in [0.1, 0.15) is 17.2 Å². The third-order valence-electron chi connectivity index (χ3n) is 8.29. The van der Waals surface area contributed by atoms with E-state index < -0.39 is 28.8 Å². The number of aromatic nitrogens is 3. The van der Waals surface area contributed by atoms with Crippen LogP contribution in [0.15, 0.2) is 12.1 Å². The lowest BCUT2D eigenvalue weighted by atomic mass is 9.99. The van der Waals surface area contributed by atoms with Gasteiger partial charge in [-0.25, -0.2) is 9.37 Å². The van der Waals surface area contributed by atoms with Gasteiger partial charge in [-0.05, 0) is 43.9 Å². The van der Waals surface area contributed by atoms with E-state index in [0.717, 1.165) is 25.3 Å². The van der Waals surface area contributed by atoms with E-state index in [2.05, 4.69) is 20.3 Å². The number of ether oxygens (including phenoxy) is 1. The van der Waals surface area contributed by atoms with Crippen LogP contribution in [0, 0.1) is 18.7 Å². The number of nitrogens with two attached hydrogens (primary N) is 1. The minimum atomic E-state index is -4.84. The zero-order chi connectivity index (χ0) is 29.9. The van der Waals surface area contributed by atoms with Crippen molar-refractivity contribution in [1.29, 1.82) is 0 Å². The molecule has 1 amide bonds. The Morgan fingerprint density at radius 2 is 1.86 bits per heavy atom. The summed E-state index contributed by atoms with van der Waals surface area (Å²) in [5, 5.41) is 3.53. The molecule has 1 aromatic carbocycles. The first-order valence-corrected chi connectivity index (χ1v) is 14.2. The molecule has 14 heteroatoms. The molecule has 2 aromatic heterocycles. The Morgan fingerprint density at radius 3 is 2.50 bits per heavy atom. The van der Waals surface area contributed by atoms with Gasteiger partial charge >= 0.3 is 12.2 Å². The normalized spacial score (nSPS) is 22.3. The number of hydrogen-bond donors (Lipinski definition) is 2. The summed E-state index contributed by atoms with van der Waals surface area (Å²) in [6, 6.07) is 2.82. The molecule has 3 saturated heterocycles. The van der Waals surface area contributed by atoms with Crippen LogP contribution in [-0.2, 0) is 11.0 Å². The van der Waals surface area contributed by atoms with E-state index in [1.165, 1.54) is 19.9 Å². The van der Waals surface area contributed by atoms with Gasteiger partial charge < -0.3 is 25.6 Å². The first-order valence-electron chi connectivity index (χ1n) is 13.8. The van der Waals surface area contributed by atoms with Crippen molar-refractivity contribution in [2.24, 2.45) is 5.92 Å². The molecule has 3 fully saturated rings. The van der Waals surface area contributed by atoms with E-state index >= 15 is 4.39 Å². The van der Waals surface area contributed by atoms with Crippen molar-refractivity contribution in [3.8, 4) is 17.3 Å². The van der Waals surface area contributed by atoms with Crippen molar-refractivity contribution in [2.45, 2.75) is 51.4 Å². The van der Waals surface area contributed by atoms with Gasteiger partial charge in [-0.3, -0.25) is 4.79 Å². The smallest absolute Gasteiger partial charge is 0.418 e. The van der Waals surface area contributed by atoms with Crippen molar-refractivity contribution in [3.63, 3.8) is 0 Å². The van der Waals surface area contributed by atoms with Crippen LogP contribution in [-0.4, -0.2) is 70.6 Å². The molecule has 0 aliphatic carbocycles. The maximum Gasteiger partial charge on any atom is 0.418 e. The van der Waals surface area contributed by atoms with E-state index in [1.807, 2.05) is 4.90 Å². The summed E-state index contributed by atoms with van der Waals surface area (Å²) in [5.74, 6) is -0.872. The van der Waals surface area contributed by atoms with Gasteiger partial charge in [-0.2, -0.15) is 23.1 Å². The third kappa shape index (κ3) is 5.28. The number of fused-ring (bicyclic) bond motifs is 3. The number of nitrogens with zero attached hydrogens (tertiary/aromatic N) is 5. The molecule has 6 rings (SSSR count). The molecule has 3 unspecified atom stereocenters. The van der Waals surface area contributed by atoms with Gasteiger partial charge in [-0.1, -0.05) is 11.6 Å². The van der Waals surface area contributed by atoms with E-state index in [0.29, 0.717) is 32.0 Å². The summed E-state index contributed by atoms with van der Waals surface area (Å²) in [6.07, 6.45) is -2.13. The minimum absolute atomic E-state index is 0.0230. The van der Waals surface area contributed by atoms with Gasteiger partial charge in [0.05, 0.1) is 28.5 Å². The Bertz CT molecular complexity index is 1560. The molecule has 3 aliphatic heterocycles. The molecular weight excluding hydrogens is 578 g/mol. The number of nitrogens with one attached hydrogen (secondary N) is 1. The molecule has 3 aliphatic rings. The molecule has 42 heavy (non-hydrogen) atoms. The maximum absolute atomic E-state index is 16.5. The zero-order valence-electron chi connectivity index (χ0n) is 23.1. The molecule has 5 heterocycles. The second kappa shape index (κ2) is 10.7. The predicted octanol–water partition coefficient (Wildman–Crippen LogP) is 4.58. The number of alkyl halides is 3. The van der Waals surface area contributed by atoms with Crippen LogP contribution in [0.2, 0.25) is 5.02 Å². The average Bonchev–Trinajstić information content (AvgIpc) is 3.52. The maximum atomic E-state index is 16.5. The van der Waals surface area contributed by atoms with Gasteiger partial charge in [0.25, 0.3) is 0 Å². The Kier molecular flexibility index (Phi) is 7.28. The van der Waals surface area contributed by atoms with Gasteiger partial charge in [0, 0.05) is 56.5 Å². The summed E-state index contributed by atoms with van der Waals surface area (Å²) >= 11 is 6.54. The van der Waals surface area contributed by atoms with Crippen LogP contribution in [0.4, 0.5) is 29.2 Å². The third-order valence-corrected chi connectivity index (χ3v) is 8.59. The molecule has 3 N–H and O–H groups in total. The molecule has 9 nitrogen and oxygen atoms in total. The summed E-state index contributed by atoms with van der Waals surface area (Å²) < 4.78 is 64.9. The standard InChI is InChI=1S/C28H30ClF4N7O2/c1-13-7-20(34)36-25(22(13)28(31,32)33)21-19(29)8-18-24(23(21)30)37-27(42-12-15-5-6-39(9-15)14(2)41)38-26(18)40-10-16-3-4-17(11-40)35-16/h7-8,15-17,35H,3-6,9-12H2,1-2H3,(H2,34,36).